The molecule has 0 radical (unpaired) electrons. The third-order valence-electron chi connectivity index (χ3n) is 5.98. The molecule has 166 valence electrons. The van der Waals surface area contributed by atoms with Gasteiger partial charge >= 0.3 is 6.18 Å². The van der Waals surface area contributed by atoms with Gasteiger partial charge < -0.3 is 5.11 Å². The first-order chi connectivity index (χ1) is 15.4. The number of hydrogen-bond donors (Lipinski definition) is 1. The van der Waals surface area contributed by atoms with Gasteiger partial charge in [-0.15, -0.1) is 0 Å². The average molecular weight is 438 g/mol. The zero-order valence-electron chi connectivity index (χ0n) is 17.7. The van der Waals surface area contributed by atoms with Crippen LogP contribution in [0.15, 0.2) is 84.9 Å². The largest absolute Gasteiger partial charge is 0.416 e. The average Bonchev–Trinajstić information content (AvgIpc) is 2.83. The van der Waals surface area contributed by atoms with Gasteiger partial charge in [0.05, 0.1) is 11.7 Å². The molecule has 1 heterocycles. The molecule has 1 atom stereocenters. The maximum absolute atomic E-state index is 13.0. The normalized spacial score (nSPS) is 15.9. The van der Waals surface area contributed by atoms with Crippen LogP contribution in [0.25, 0.3) is 16.7 Å². The maximum Gasteiger partial charge on any atom is 0.416 e. The van der Waals surface area contributed by atoms with Gasteiger partial charge in [-0.05, 0) is 52.8 Å². The molecule has 4 rings (SSSR count). The summed E-state index contributed by atoms with van der Waals surface area (Å²) in [5.41, 5.74) is 4.12. The van der Waals surface area contributed by atoms with Crippen LogP contribution in [0.4, 0.5) is 13.2 Å². The Hall–Kier alpha value is -2.89. The highest BCUT2D eigenvalue weighted by molar-refractivity contribution is 5.67. The van der Waals surface area contributed by atoms with E-state index in [1.165, 1.54) is 12.1 Å². The molecule has 3 aromatic carbocycles. The van der Waals surface area contributed by atoms with E-state index in [0.29, 0.717) is 24.9 Å². The Morgan fingerprint density at radius 2 is 1.53 bits per heavy atom. The second-order valence-electron chi connectivity index (χ2n) is 8.15. The third-order valence-corrected chi connectivity index (χ3v) is 5.98. The van der Waals surface area contributed by atoms with Crippen molar-refractivity contribution in [3.05, 3.63) is 102 Å². The van der Waals surface area contributed by atoms with Crippen LogP contribution in [0.2, 0.25) is 0 Å². The number of rotatable bonds is 6. The lowest BCUT2D eigenvalue weighted by Gasteiger charge is -2.27. The van der Waals surface area contributed by atoms with E-state index in [2.05, 4.69) is 17.0 Å². The van der Waals surface area contributed by atoms with Crippen LogP contribution >= 0.6 is 0 Å². The van der Waals surface area contributed by atoms with Crippen LogP contribution in [-0.2, 0) is 6.18 Å². The van der Waals surface area contributed by atoms with Crippen molar-refractivity contribution in [2.75, 3.05) is 19.6 Å². The minimum Gasteiger partial charge on any atom is -0.388 e. The molecule has 0 saturated heterocycles. The second-order valence-corrected chi connectivity index (χ2v) is 8.15. The smallest absolute Gasteiger partial charge is 0.388 e. The van der Waals surface area contributed by atoms with E-state index in [9.17, 15) is 18.3 Å². The molecule has 0 fully saturated rings. The molecule has 0 spiro atoms. The summed E-state index contributed by atoms with van der Waals surface area (Å²) in [5, 5.41) is 10.6. The molecule has 1 aliphatic rings. The predicted octanol–water partition coefficient (Wildman–Crippen LogP) is 6.59. The lowest BCUT2D eigenvalue weighted by Crippen LogP contribution is -2.30. The minimum atomic E-state index is -4.33. The van der Waals surface area contributed by atoms with Gasteiger partial charge in [-0.2, -0.15) is 13.2 Å². The fourth-order valence-electron chi connectivity index (χ4n) is 4.07. The molecule has 1 aliphatic heterocycles. The number of benzene rings is 3. The fourth-order valence-corrected chi connectivity index (χ4v) is 4.07. The van der Waals surface area contributed by atoms with Gasteiger partial charge in [-0.3, -0.25) is 4.90 Å². The van der Waals surface area contributed by atoms with E-state index in [1.807, 2.05) is 48.5 Å². The van der Waals surface area contributed by atoms with Crippen molar-refractivity contribution in [2.24, 2.45) is 0 Å². The molecule has 0 aromatic heterocycles. The van der Waals surface area contributed by atoms with Gasteiger partial charge in [0.15, 0.2) is 0 Å². The van der Waals surface area contributed by atoms with Gasteiger partial charge in [0.25, 0.3) is 0 Å². The molecule has 2 nitrogen and oxygen atoms in total. The zero-order chi connectivity index (χ0) is 22.6. The van der Waals surface area contributed by atoms with Crippen molar-refractivity contribution < 1.29 is 18.3 Å². The van der Waals surface area contributed by atoms with Gasteiger partial charge in [-0.1, -0.05) is 72.8 Å². The summed E-state index contributed by atoms with van der Waals surface area (Å²) < 4.78 is 38.9. The van der Waals surface area contributed by atoms with Crippen LogP contribution in [-0.4, -0.2) is 29.6 Å². The maximum atomic E-state index is 13.0. The summed E-state index contributed by atoms with van der Waals surface area (Å²) in [5.74, 6) is 0. The highest BCUT2D eigenvalue weighted by Crippen LogP contribution is 2.32. The first-order valence-electron chi connectivity index (χ1n) is 10.8. The highest BCUT2D eigenvalue weighted by atomic mass is 19.4. The van der Waals surface area contributed by atoms with Crippen molar-refractivity contribution in [2.45, 2.75) is 25.1 Å². The van der Waals surface area contributed by atoms with Crippen molar-refractivity contribution >= 4 is 5.57 Å². The van der Waals surface area contributed by atoms with E-state index in [4.69, 9.17) is 0 Å². The number of nitrogens with zero attached hydrogens (tertiary/aromatic N) is 1. The summed E-state index contributed by atoms with van der Waals surface area (Å²) in [6.45, 7) is 2.17. The van der Waals surface area contributed by atoms with Crippen LogP contribution in [0, 0.1) is 0 Å². The Morgan fingerprint density at radius 1 is 0.844 bits per heavy atom. The van der Waals surface area contributed by atoms with Crippen molar-refractivity contribution in [3.8, 4) is 11.1 Å². The standard InChI is InChI=1S/C27H26F3NO/c28-27(29,30)25-8-4-7-24(19-25)22-13-16-31(17-14-22)18-15-26(32)23-11-9-21(10-12-23)20-5-2-1-3-6-20/h1-13,19,26,32H,14-18H2. The van der Waals surface area contributed by atoms with E-state index in [0.717, 1.165) is 41.4 Å². The van der Waals surface area contributed by atoms with E-state index in [1.54, 1.807) is 6.07 Å². The summed E-state index contributed by atoms with van der Waals surface area (Å²) in [7, 11) is 0. The number of halogens is 3. The van der Waals surface area contributed by atoms with Gasteiger partial charge in [0.1, 0.15) is 0 Å². The number of aliphatic hydroxyl groups is 1. The van der Waals surface area contributed by atoms with Gasteiger partial charge in [-0.25, -0.2) is 0 Å². The SMILES string of the molecule is OC(CCN1CC=C(c2cccc(C(F)(F)F)c2)CC1)c1ccc(-c2ccccc2)cc1. The molecule has 0 saturated carbocycles. The molecule has 5 heteroatoms. The number of alkyl halides is 3. The Balaban J connectivity index is 1.31. The Kier molecular flexibility index (Phi) is 6.77. The first-order valence-corrected chi connectivity index (χ1v) is 10.8. The summed E-state index contributed by atoms with van der Waals surface area (Å²) in [6.07, 6.45) is -1.57. The molecule has 1 N–H and O–H groups in total. The number of aliphatic hydroxyl groups excluding tert-OH is 1. The highest BCUT2D eigenvalue weighted by Gasteiger charge is 2.30. The molecule has 0 amide bonds. The lowest BCUT2D eigenvalue weighted by molar-refractivity contribution is -0.137. The Bertz CT molecular complexity index is 1060. The molecule has 0 aliphatic carbocycles. The quantitative estimate of drug-likeness (QED) is 0.471. The van der Waals surface area contributed by atoms with E-state index >= 15 is 0 Å². The fraction of sp³-hybridized carbons (Fsp3) is 0.259. The third kappa shape index (κ3) is 5.47. The lowest BCUT2D eigenvalue weighted by atomic mass is 9.97. The van der Waals surface area contributed by atoms with Crippen LogP contribution in [0.1, 0.15) is 35.6 Å². The van der Waals surface area contributed by atoms with Crippen LogP contribution < -0.4 is 0 Å². The van der Waals surface area contributed by atoms with Crippen molar-refractivity contribution in [1.29, 1.82) is 0 Å². The topological polar surface area (TPSA) is 23.5 Å². The van der Waals surface area contributed by atoms with Gasteiger partial charge in [0.2, 0.25) is 0 Å². The second kappa shape index (κ2) is 9.72. The minimum absolute atomic E-state index is 0.548. The van der Waals surface area contributed by atoms with Crippen molar-refractivity contribution in [1.82, 2.24) is 4.90 Å². The van der Waals surface area contributed by atoms with E-state index < -0.39 is 17.8 Å². The summed E-state index contributed by atoms with van der Waals surface area (Å²) >= 11 is 0. The predicted molar refractivity (Wildman–Crippen MR) is 122 cm³/mol. The monoisotopic (exact) mass is 437 g/mol. The summed E-state index contributed by atoms with van der Waals surface area (Å²) in [6, 6.07) is 23.6. The molecule has 0 bridgehead atoms. The van der Waals surface area contributed by atoms with Crippen molar-refractivity contribution in [3.63, 3.8) is 0 Å². The molecule has 3 aromatic rings. The first kappa shape index (κ1) is 22.3. The molecule has 32 heavy (non-hydrogen) atoms. The molecular formula is C27H26F3NO. The summed E-state index contributed by atoms with van der Waals surface area (Å²) in [4.78, 5) is 2.22. The zero-order valence-corrected chi connectivity index (χ0v) is 17.7. The van der Waals surface area contributed by atoms with Crippen LogP contribution in [0.5, 0.6) is 0 Å². The van der Waals surface area contributed by atoms with E-state index in [-0.39, 0.29) is 0 Å². The molecular weight excluding hydrogens is 411 g/mol. The number of hydrogen-bond acceptors (Lipinski definition) is 2. The molecule has 1 unspecified atom stereocenters. The van der Waals surface area contributed by atoms with Crippen LogP contribution in [0.3, 0.4) is 0 Å². The Labute approximate surface area is 186 Å². The van der Waals surface area contributed by atoms with Gasteiger partial charge in [0, 0.05) is 19.6 Å². The Morgan fingerprint density at radius 3 is 2.19 bits per heavy atom.